The molecule has 0 saturated carbocycles. The van der Waals surface area contributed by atoms with Gasteiger partial charge in [-0.05, 0) is 55.5 Å². The molecule has 0 bridgehead atoms. The lowest BCUT2D eigenvalue weighted by atomic mass is 10.1. The number of nitrogens with zero attached hydrogens (tertiary/aromatic N) is 4. The van der Waals surface area contributed by atoms with Crippen molar-refractivity contribution in [3.63, 3.8) is 0 Å². The summed E-state index contributed by atoms with van der Waals surface area (Å²) in [7, 11) is 3.20. The molecule has 0 spiro atoms. The first-order valence-corrected chi connectivity index (χ1v) is 9.56. The Bertz CT molecular complexity index is 1180. The summed E-state index contributed by atoms with van der Waals surface area (Å²) >= 11 is 0. The van der Waals surface area contributed by atoms with E-state index in [-0.39, 0.29) is 5.91 Å². The lowest BCUT2D eigenvalue weighted by Crippen LogP contribution is -2.12. The van der Waals surface area contributed by atoms with E-state index < -0.39 is 0 Å². The number of carbonyl (C=O) groups excluding carboxylic acids is 1. The Balaban J connectivity index is 1.66. The molecule has 0 radical (unpaired) electrons. The molecule has 0 atom stereocenters. The fraction of sp³-hybridized carbons (Fsp3) is 0.130. The van der Waals surface area contributed by atoms with Crippen LogP contribution in [0.25, 0.3) is 17.1 Å². The van der Waals surface area contributed by atoms with Crippen molar-refractivity contribution in [2.24, 2.45) is 0 Å². The van der Waals surface area contributed by atoms with Gasteiger partial charge < -0.3 is 14.8 Å². The van der Waals surface area contributed by atoms with Crippen LogP contribution in [-0.4, -0.2) is 39.9 Å². The van der Waals surface area contributed by atoms with Crippen LogP contribution in [0.4, 0.5) is 5.69 Å². The second-order valence-corrected chi connectivity index (χ2v) is 6.75. The van der Waals surface area contributed by atoms with Gasteiger partial charge in [-0.3, -0.25) is 14.3 Å². The third-order valence-electron chi connectivity index (χ3n) is 4.74. The van der Waals surface area contributed by atoms with E-state index in [1.54, 1.807) is 56.9 Å². The number of ether oxygens (including phenoxy) is 2. The summed E-state index contributed by atoms with van der Waals surface area (Å²) in [6.07, 6.45) is 3.25. The summed E-state index contributed by atoms with van der Waals surface area (Å²) in [5.74, 6) is 2.46. The van der Waals surface area contributed by atoms with Crippen molar-refractivity contribution in [2.45, 2.75) is 6.92 Å². The molecule has 2 aromatic carbocycles. The molecule has 8 heteroatoms. The lowest BCUT2D eigenvalue weighted by molar-refractivity contribution is 0.102. The highest BCUT2D eigenvalue weighted by Crippen LogP contribution is 2.30. The highest BCUT2D eigenvalue weighted by Gasteiger charge is 2.16. The summed E-state index contributed by atoms with van der Waals surface area (Å²) in [4.78, 5) is 16.5. The van der Waals surface area contributed by atoms with Crippen LogP contribution in [0.2, 0.25) is 0 Å². The molecular weight excluding hydrogens is 394 g/mol. The molecule has 8 nitrogen and oxygen atoms in total. The SMILES string of the molecule is COc1cc(OC)cc(-c2nnc(C)n2-c2ccc(C(=O)Nc3cccnc3)cc2)c1. The van der Waals surface area contributed by atoms with Gasteiger partial charge in [0.05, 0.1) is 26.1 Å². The van der Waals surface area contributed by atoms with Gasteiger partial charge in [0.1, 0.15) is 17.3 Å². The Kier molecular flexibility index (Phi) is 5.61. The van der Waals surface area contributed by atoms with Crippen LogP contribution in [0, 0.1) is 6.92 Å². The zero-order valence-corrected chi connectivity index (χ0v) is 17.4. The highest BCUT2D eigenvalue weighted by atomic mass is 16.5. The summed E-state index contributed by atoms with van der Waals surface area (Å²) in [5, 5.41) is 11.4. The van der Waals surface area contributed by atoms with Crippen LogP contribution in [0.15, 0.2) is 67.0 Å². The highest BCUT2D eigenvalue weighted by molar-refractivity contribution is 6.04. The average Bonchev–Trinajstić information content (AvgIpc) is 3.20. The average molecular weight is 415 g/mol. The number of anilines is 1. The van der Waals surface area contributed by atoms with Gasteiger partial charge in [-0.1, -0.05) is 0 Å². The maximum absolute atomic E-state index is 12.5. The van der Waals surface area contributed by atoms with Crippen LogP contribution in [0.3, 0.4) is 0 Å². The first-order valence-electron chi connectivity index (χ1n) is 9.56. The molecule has 0 aliphatic heterocycles. The normalized spacial score (nSPS) is 10.5. The van der Waals surface area contributed by atoms with Gasteiger partial charge in [0.25, 0.3) is 5.91 Å². The van der Waals surface area contributed by atoms with Crippen molar-refractivity contribution >= 4 is 11.6 Å². The molecule has 1 N–H and O–H groups in total. The predicted molar refractivity (Wildman–Crippen MR) is 117 cm³/mol. The molecule has 2 heterocycles. The number of nitrogens with one attached hydrogen (secondary N) is 1. The second kappa shape index (κ2) is 8.66. The zero-order valence-electron chi connectivity index (χ0n) is 17.4. The van der Waals surface area contributed by atoms with E-state index in [0.29, 0.717) is 34.4 Å². The fourth-order valence-electron chi connectivity index (χ4n) is 3.20. The minimum absolute atomic E-state index is 0.210. The standard InChI is InChI=1S/C23H21N5O3/c1-15-26-27-22(17-11-20(30-2)13-21(12-17)31-3)28(15)19-8-6-16(7-9-19)23(29)25-18-5-4-10-24-14-18/h4-14H,1-3H3,(H,25,29). The van der Waals surface area contributed by atoms with Crippen LogP contribution in [0.5, 0.6) is 11.5 Å². The maximum Gasteiger partial charge on any atom is 0.255 e. The Hall–Kier alpha value is -4.20. The van der Waals surface area contributed by atoms with Crippen LogP contribution >= 0.6 is 0 Å². The molecular formula is C23H21N5O3. The van der Waals surface area contributed by atoms with E-state index >= 15 is 0 Å². The predicted octanol–water partition coefficient (Wildman–Crippen LogP) is 3.91. The number of carbonyl (C=O) groups is 1. The van der Waals surface area contributed by atoms with Gasteiger partial charge in [-0.2, -0.15) is 0 Å². The Morgan fingerprint density at radius 2 is 1.68 bits per heavy atom. The number of methoxy groups -OCH3 is 2. The Morgan fingerprint density at radius 1 is 0.968 bits per heavy atom. The smallest absolute Gasteiger partial charge is 0.255 e. The molecule has 0 saturated heterocycles. The summed E-state index contributed by atoms with van der Waals surface area (Å²) in [5.41, 5.74) is 2.80. The van der Waals surface area contributed by atoms with Crippen LogP contribution in [0.1, 0.15) is 16.2 Å². The topological polar surface area (TPSA) is 91.2 Å². The van der Waals surface area contributed by atoms with E-state index in [4.69, 9.17) is 9.47 Å². The molecule has 1 amide bonds. The maximum atomic E-state index is 12.5. The third-order valence-corrected chi connectivity index (χ3v) is 4.74. The van der Waals surface area contributed by atoms with E-state index in [1.165, 1.54) is 0 Å². The fourth-order valence-corrected chi connectivity index (χ4v) is 3.20. The number of rotatable bonds is 6. The van der Waals surface area contributed by atoms with Gasteiger partial charge >= 0.3 is 0 Å². The first kappa shape index (κ1) is 20.1. The molecule has 0 fully saturated rings. The largest absolute Gasteiger partial charge is 0.497 e. The third kappa shape index (κ3) is 4.23. The minimum Gasteiger partial charge on any atom is -0.497 e. The van der Waals surface area contributed by atoms with Crippen LogP contribution < -0.4 is 14.8 Å². The molecule has 156 valence electrons. The number of aromatic nitrogens is 4. The molecule has 4 aromatic rings. The van der Waals surface area contributed by atoms with Crippen molar-refractivity contribution in [2.75, 3.05) is 19.5 Å². The summed E-state index contributed by atoms with van der Waals surface area (Å²) < 4.78 is 12.7. The van der Waals surface area contributed by atoms with E-state index in [9.17, 15) is 4.79 Å². The van der Waals surface area contributed by atoms with Crippen molar-refractivity contribution in [1.29, 1.82) is 0 Å². The number of hydrogen-bond acceptors (Lipinski definition) is 6. The molecule has 0 aliphatic rings. The van der Waals surface area contributed by atoms with Crippen molar-refractivity contribution in [3.05, 3.63) is 78.4 Å². The quantitative estimate of drug-likeness (QED) is 0.513. The Morgan fingerprint density at radius 3 is 2.29 bits per heavy atom. The van der Waals surface area contributed by atoms with E-state index in [1.807, 2.05) is 35.8 Å². The second-order valence-electron chi connectivity index (χ2n) is 6.75. The number of amides is 1. The molecule has 0 unspecified atom stereocenters. The summed E-state index contributed by atoms with van der Waals surface area (Å²) in [6, 6.07) is 16.3. The van der Waals surface area contributed by atoms with Crippen molar-refractivity contribution in [1.82, 2.24) is 19.7 Å². The first-order chi connectivity index (χ1) is 15.1. The van der Waals surface area contributed by atoms with Gasteiger partial charge in [-0.25, -0.2) is 0 Å². The molecule has 0 aliphatic carbocycles. The Labute approximate surface area is 179 Å². The lowest BCUT2D eigenvalue weighted by Gasteiger charge is -2.12. The van der Waals surface area contributed by atoms with E-state index in [2.05, 4.69) is 20.5 Å². The van der Waals surface area contributed by atoms with Gasteiger partial charge in [0.2, 0.25) is 0 Å². The summed E-state index contributed by atoms with van der Waals surface area (Å²) in [6.45, 7) is 1.87. The molecule has 2 aromatic heterocycles. The zero-order chi connectivity index (χ0) is 21.8. The van der Waals surface area contributed by atoms with Crippen molar-refractivity contribution in [3.8, 4) is 28.6 Å². The number of aryl methyl sites for hydroxylation is 1. The van der Waals surface area contributed by atoms with Gasteiger partial charge in [0, 0.05) is 29.1 Å². The van der Waals surface area contributed by atoms with Crippen LogP contribution in [-0.2, 0) is 0 Å². The number of benzene rings is 2. The molecule has 31 heavy (non-hydrogen) atoms. The monoisotopic (exact) mass is 415 g/mol. The van der Waals surface area contributed by atoms with Crippen molar-refractivity contribution < 1.29 is 14.3 Å². The van der Waals surface area contributed by atoms with Gasteiger partial charge in [0.15, 0.2) is 5.82 Å². The number of pyridine rings is 1. The number of hydrogen-bond donors (Lipinski definition) is 1. The van der Waals surface area contributed by atoms with E-state index in [0.717, 1.165) is 11.3 Å². The van der Waals surface area contributed by atoms with Gasteiger partial charge in [-0.15, -0.1) is 10.2 Å². The molecule has 4 rings (SSSR count). The minimum atomic E-state index is -0.210.